The van der Waals surface area contributed by atoms with Crippen molar-refractivity contribution in [3.05, 3.63) is 29.8 Å². The standard InChI is InChI=1S/C13H15NO5/c15-7-8-3-1-2-4-9(8)14-12(16)10-5-6-11(19-10)13(17)18/h1-4,10-11,15H,5-7H2,(H,14,16)(H,17,18)/t10-,11+/m0/s1. The Labute approximate surface area is 110 Å². The molecule has 1 aliphatic heterocycles. The molecule has 1 aliphatic rings. The van der Waals surface area contributed by atoms with Gasteiger partial charge >= 0.3 is 5.97 Å². The summed E-state index contributed by atoms with van der Waals surface area (Å²) in [5, 5.41) is 20.6. The van der Waals surface area contributed by atoms with Gasteiger partial charge in [-0.3, -0.25) is 4.79 Å². The largest absolute Gasteiger partial charge is 0.479 e. The number of benzene rings is 1. The molecule has 1 heterocycles. The maximum absolute atomic E-state index is 11.9. The Morgan fingerprint density at radius 2 is 1.95 bits per heavy atom. The normalized spacial score (nSPS) is 22.2. The van der Waals surface area contributed by atoms with Crippen molar-refractivity contribution in [2.75, 3.05) is 5.32 Å². The Bertz CT molecular complexity index is 488. The molecule has 0 saturated carbocycles. The van der Waals surface area contributed by atoms with Gasteiger partial charge in [-0.15, -0.1) is 0 Å². The fourth-order valence-electron chi connectivity index (χ4n) is 2.01. The number of rotatable bonds is 4. The van der Waals surface area contributed by atoms with Crippen LogP contribution in [0.2, 0.25) is 0 Å². The number of hydrogen-bond acceptors (Lipinski definition) is 4. The minimum absolute atomic E-state index is 0.181. The lowest BCUT2D eigenvalue weighted by Crippen LogP contribution is -2.30. The third kappa shape index (κ3) is 3.10. The first-order valence-corrected chi connectivity index (χ1v) is 5.99. The van der Waals surface area contributed by atoms with E-state index in [-0.39, 0.29) is 12.5 Å². The highest BCUT2D eigenvalue weighted by Gasteiger charge is 2.34. The zero-order chi connectivity index (χ0) is 13.8. The fraction of sp³-hybridized carbons (Fsp3) is 0.385. The molecule has 2 atom stereocenters. The average molecular weight is 265 g/mol. The van der Waals surface area contributed by atoms with Crippen molar-refractivity contribution in [2.45, 2.75) is 31.7 Å². The number of carboxylic acids is 1. The van der Waals surface area contributed by atoms with E-state index >= 15 is 0 Å². The lowest BCUT2D eigenvalue weighted by atomic mass is 10.1. The van der Waals surface area contributed by atoms with Crippen LogP contribution < -0.4 is 5.32 Å². The summed E-state index contributed by atoms with van der Waals surface area (Å²) in [6, 6.07) is 6.87. The van der Waals surface area contributed by atoms with Gasteiger partial charge in [-0.25, -0.2) is 4.79 Å². The van der Waals surface area contributed by atoms with E-state index in [0.29, 0.717) is 24.1 Å². The highest BCUT2D eigenvalue weighted by atomic mass is 16.5. The molecule has 1 aromatic carbocycles. The van der Waals surface area contributed by atoms with E-state index in [1.807, 2.05) is 0 Å². The van der Waals surface area contributed by atoms with Gasteiger partial charge in [-0.05, 0) is 18.9 Å². The van der Waals surface area contributed by atoms with E-state index in [0.717, 1.165) is 0 Å². The molecule has 1 aromatic rings. The number of amides is 1. The molecular weight excluding hydrogens is 250 g/mol. The number of aliphatic hydroxyl groups excluding tert-OH is 1. The summed E-state index contributed by atoms with van der Waals surface area (Å²) in [6.45, 7) is -0.181. The predicted molar refractivity (Wildman–Crippen MR) is 66.5 cm³/mol. The first-order chi connectivity index (χ1) is 9.11. The summed E-state index contributed by atoms with van der Waals surface area (Å²) in [5.74, 6) is -1.43. The highest BCUT2D eigenvalue weighted by Crippen LogP contribution is 2.22. The fourth-order valence-corrected chi connectivity index (χ4v) is 2.01. The summed E-state index contributed by atoms with van der Waals surface area (Å²) < 4.78 is 5.16. The van der Waals surface area contributed by atoms with Crippen molar-refractivity contribution in [3.8, 4) is 0 Å². The molecule has 6 heteroatoms. The molecule has 102 valence electrons. The highest BCUT2D eigenvalue weighted by molar-refractivity contribution is 5.95. The molecule has 0 bridgehead atoms. The van der Waals surface area contributed by atoms with Gasteiger partial charge in [0.1, 0.15) is 6.10 Å². The second kappa shape index (κ2) is 5.81. The molecule has 0 aliphatic carbocycles. The van der Waals surface area contributed by atoms with Crippen LogP contribution in [0.15, 0.2) is 24.3 Å². The number of aliphatic hydroxyl groups is 1. The number of ether oxygens (including phenoxy) is 1. The minimum Gasteiger partial charge on any atom is -0.479 e. The molecule has 6 nitrogen and oxygen atoms in total. The molecular formula is C13H15NO5. The molecule has 1 amide bonds. The lowest BCUT2D eigenvalue weighted by Gasteiger charge is -2.13. The second-order valence-corrected chi connectivity index (χ2v) is 4.33. The van der Waals surface area contributed by atoms with Crippen LogP contribution in [-0.2, 0) is 20.9 Å². The number of para-hydroxylation sites is 1. The number of hydrogen-bond donors (Lipinski definition) is 3. The van der Waals surface area contributed by atoms with E-state index in [1.165, 1.54) is 0 Å². The minimum atomic E-state index is -1.05. The number of nitrogens with one attached hydrogen (secondary N) is 1. The van der Waals surface area contributed by atoms with Crippen molar-refractivity contribution >= 4 is 17.6 Å². The molecule has 0 unspecified atom stereocenters. The zero-order valence-electron chi connectivity index (χ0n) is 10.2. The summed E-state index contributed by atoms with van der Waals surface area (Å²) in [5.41, 5.74) is 1.11. The van der Waals surface area contributed by atoms with Gasteiger partial charge in [-0.1, -0.05) is 18.2 Å². The first-order valence-electron chi connectivity index (χ1n) is 5.99. The monoisotopic (exact) mass is 265 g/mol. The van der Waals surface area contributed by atoms with Gasteiger partial charge < -0.3 is 20.3 Å². The number of anilines is 1. The first kappa shape index (κ1) is 13.5. The number of carboxylic acid groups (broad SMARTS) is 1. The summed E-state index contributed by atoms with van der Waals surface area (Å²) in [4.78, 5) is 22.7. The smallest absolute Gasteiger partial charge is 0.332 e. The van der Waals surface area contributed by atoms with Gasteiger partial charge in [0.15, 0.2) is 6.10 Å². The summed E-state index contributed by atoms with van der Waals surface area (Å²) in [6.07, 6.45) is -0.962. The van der Waals surface area contributed by atoms with Crippen molar-refractivity contribution in [2.24, 2.45) is 0 Å². The van der Waals surface area contributed by atoms with Crippen LogP contribution in [0, 0.1) is 0 Å². The van der Waals surface area contributed by atoms with Crippen LogP contribution in [0.3, 0.4) is 0 Å². The molecule has 1 fully saturated rings. The van der Waals surface area contributed by atoms with E-state index in [4.69, 9.17) is 14.9 Å². The van der Waals surface area contributed by atoms with Crippen LogP contribution in [0.25, 0.3) is 0 Å². The predicted octanol–water partition coefficient (Wildman–Crippen LogP) is 0.750. The van der Waals surface area contributed by atoms with Gasteiger partial charge in [0.25, 0.3) is 5.91 Å². The summed E-state index contributed by atoms with van der Waals surface area (Å²) >= 11 is 0. The van der Waals surface area contributed by atoms with Crippen LogP contribution in [-0.4, -0.2) is 34.3 Å². The average Bonchev–Trinajstić information content (AvgIpc) is 2.89. The van der Waals surface area contributed by atoms with E-state index < -0.39 is 18.2 Å². The van der Waals surface area contributed by atoms with Crippen molar-refractivity contribution < 1.29 is 24.5 Å². The lowest BCUT2D eigenvalue weighted by molar-refractivity contribution is -0.150. The number of aliphatic carboxylic acids is 1. The van der Waals surface area contributed by atoms with Gasteiger partial charge in [0.2, 0.25) is 0 Å². The molecule has 1 saturated heterocycles. The third-order valence-corrected chi connectivity index (χ3v) is 3.03. The topological polar surface area (TPSA) is 95.9 Å². The van der Waals surface area contributed by atoms with Crippen LogP contribution in [0.4, 0.5) is 5.69 Å². The maximum Gasteiger partial charge on any atom is 0.332 e. The SMILES string of the molecule is O=C(Nc1ccccc1CO)[C@@H]1CC[C@H](C(=O)O)O1. The van der Waals surface area contributed by atoms with Gasteiger partial charge in [0.05, 0.1) is 6.61 Å². The van der Waals surface area contributed by atoms with Crippen molar-refractivity contribution in [1.29, 1.82) is 0 Å². The van der Waals surface area contributed by atoms with Crippen LogP contribution >= 0.6 is 0 Å². The molecule has 0 radical (unpaired) electrons. The van der Waals surface area contributed by atoms with E-state index in [1.54, 1.807) is 24.3 Å². The van der Waals surface area contributed by atoms with Gasteiger partial charge in [-0.2, -0.15) is 0 Å². The van der Waals surface area contributed by atoms with Crippen molar-refractivity contribution in [1.82, 2.24) is 0 Å². The van der Waals surface area contributed by atoms with Crippen LogP contribution in [0.1, 0.15) is 18.4 Å². The molecule has 0 spiro atoms. The molecule has 3 N–H and O–H groups in total. The Balaban J connectivity index is 2.00. The maximum atomic E-state index is 11.9. The Morgan fingerprint density at radius 1 is 1.26 bits per heavy atom. The molecule has 2 rings (SSSR count). The number of carbonyl (C=O) groups excluding carboxylic acids is 1. The second-order valence-electron chi connectivity index (χ2n) is 4.33. The van der Waals surface area contributed by atoms with E-state index in [2.05, 4.69) is 5.32 Å². The van der Waals surface area contributed by atoms with Crippen LogP contribution in [0.5, 0.6) is 0 Å². The van der Waals surface area contributed by atoms with Crippen molar-refractivity contribution in [3.63, 3.8) is 0 Å². The van der Waals surface area contributed by atoms with Gasteiger partial charge in [0, 0.05) is 11.3 Å². The summed E-state index contributed by atoms with van der Waals surface area (Å²) in [7, 11) is 0. The Hall–Kier alpha value is -1.92. The van der Waals surface area contributed by atoms with E-state index in [9.17, 15) is 9.59 Å². The number of carbonyl (C=O) groups is 2. The Morgan fingerprint density at radius 3 is 2.58 bits per heavy atom. The zero-order valence-corrected chi connectivity index (χ0v) is 10.2. The molecule has 0 aromatic heterocycles. The molecule has 19 heavy (non-hydrogen) atoms. The quantitative estimate of drug-likeness (QED) is 0.746. The third-order valence-electron chi connectivity index (χ3n) is 3.03. The Kier molecular flexibility index (Phi) is 4.13.